The molecule has 4 nitrogen and oxygen atoms in total. The Bertz CT molecular complexity index is 826. The molecular weight excluding hydrogens is 324 g/mol. The second kappa shape index (κ2) is 7.16. The summed E-state index contributed by atoms with van der Waals surface area (Å²) in [5, 5.41) is 28.3. The van der Waals surface area contributed by atoms with Crippen molar-refractivity contribution in [3.63, 3.8) is 0 Å². The van der Waals surface area contributed by atoms with Crippen LogP contribution in [0.15, 0.2) is 48.5 Å². The third kappa shape index (κ3) is 3.27. The molecule has 1 aliphatic carbocycles. The molecule has 0 fully saturated rings. The quantitative estimate of drug-likeness (QED) is 0.694. The molecule has 2 aromatic carbocycles. The fourth-order valence-corrected chi connectivity index (χ4v) is 3.70. The molecule has 1 heterocycles. The van der Waals surface area contributed by atoms with Crippen molar-refractivity contribution >= 4 is 0 Å². The van der Waals surface area contributed by atoms with Crippen LogP contribution in [-0.4, -0.2) is 20.4 Å². The average molecular weight is 346 g/mol. The maximum absolute atomic E-state index is 9.58. The summed E-state index contributed by atoms with van der Waals surface area (Å²) in [6.07, 6.45) is 6.77. The van der Waals surface area contributed by atoms with Crippen LogP contribution < -0.4 is 0 Å². The molecule has 26 heavy (non-hydrogen) atoms. The van der Waals surface area contributed by atoms with Crippen molar-refractivity contribution < 1.29 is 10.2 Å². The Morgan fingerprint density at radius 3 is 1.31 bits per heavy atom. The van der Waals surface area contributed by atoms with Gasteiger partial charge in [0.2, 0.25) is 0 Å². The largest absolute Gasteiger partial charge is 0.508 e. The van der Waals surface area contributed by atoms with E-state index >= 15 is 0 Å². The number of phenols is 2. The van der Waals surface area contributed by atoms with Gasteiger partial charge in [0.15, 0.2) is 0 Å². The summed E-state index contributed by atoms with van der Waals surface area (Å²) in [4.78, 5) is 0. The van der Waals surface area contributed by atoms with Crippen LogP contribution in [0.3, 0.4) is 0 Å². The molecule has 0 bridgehead atoms. The molecule has 1 aliphatic rings. The van der Waals surface area contributed by atoms with Crippen LogP contribution in [0.25, 0.3) is 22.5 Å². The van der Waals surface area contributed by atoms with Crippen LogP contribution >= 0.6 is 0 Å². The second-order valence-electron chi connectivity index (χ2n) is 6.86. The van der Waals surface area contributed by atoms with Crippen LogP contribution in [0.1, 0.15) is 36.8 Å². The van der Waals surface area contributed by atoms with Crippen molar-refractivity contribution in [3.8, 4) is 34.0 Å². The van der Waals surface area contributed by atoms with E-state index in [1.165, 1.54) is 24.0 Å². The normalized spacial score (nSPS) is 14.3. The fourth-order valence-electron chi connectivity index (χ4n) is 3.70. The topological polar surface area (TPSA) is 66.2 Å². The summed E-state index contributed by atoms with van der Waals surface area (Å²) >= 11 is 0. The van der Waals surface area contributed by atoms with Crippen molar-refractivity contribution in [3.05, 3.63) is 59.7 Å². The average Bonchev–Trinajstić information content (AvgIpc) is 2.63. The molecule has 4 rings (SSSR count). The third-order valence-corrected chi connectivity index (χ3v) is 5.07. The van der Waals surface area contributed by atoms with Crippen LogP contribution in [0.4, 0.5) is 0 Å². The zero-order valence-electron chi connectivity index (χ0n) is 14.7. The van der Waals surface area contributed by atoms with E-state index in [1.807, 2.05) is 24.3 Å². The van der Waals surface area contributed by atoms with Gasteiger partial charge in [0.25, 0.3) is 0 Å². The first-order chi connectivity index (χ1) is 12.7. The van der Waals surface area contributed by atoms with Gasteiger partial charge < -0.3 is 10.2 Å². The number of benzene rings is 2. The first-order valence-corrected chi connectivity index (χ1v) is 9.19. The summed E-state index contributed by atoms with van der Waals surface area (Å²) in [7, 11) is 0. The first-order valence-electron chi connectivity index (χ1n) is 9.19. The minimum Gasteiger partial charge on any atom is -0.508 e. The molecule has 0 atom stereocenters. The van der Waals surface area contributed by atoms with Gasteiger partial charge >= 0.3 is 0 Å². The number of nitrogens with zero attached hydrogens (tertiary/aromatic N) is 2. The lowest BCUT2D eigenvalue weighted by Crippen LogP contribution is -2.08. The van der Waals surface area contributed by atoms with E-state index in [2.05, 4.69) is 10.2 Å². The van der Waals surface area contributed by atoms with Gasteiger partial charge in [-0.3, -0.25) is 0 Å². The smallest absolute Gasteiger partial charge is 0.115 e. The van der Waals surface area contributed by atoms with Gasteiger partial charge in [0, 0.05) is 11.1 Å². The van der Waals surface area contributed by atoms with Gasteiger partial charge in [0.1, 0.15) is 11.5 Å². The number of rotatable bonds is 2. The van der Waals surface area contributed by atoms with Crippen LogP contribution in [-0.2, 0) is 12.8 Å². The molecule has 0 radical (unpaired) electrons. The van der Waals surface area contributed by atoms with E-state index in [4.69, 9.17) is 0 Å². The molecule has 0 aliphatic heterocycles. The minimum absolute atomic E-state index is 0.255. The highest BCUT2D eigenvalue weighted by molar-refractivity contribution is 5.72. The summed E-state index contributed by atoms with van der Waals surface area (Å²) in [6.45, 7) is 0. The highest BCUT2D eigenvalue weighted by atomic mass is 16.3. The maximum Gasteiger partial charge on any atom is 0.115 e. The highest BCUT2D eigenvalue weighted by Crippen LogP contribution is 2.34. The molecular formula is C22H22N2O2. The van der Waals surface area contributed by atoms with Crippen LogP contribution in [0.5, 0.6) is 11.5 Å². The van der Waals surface area contributed by atoms with Gasteiger partial charge in [-0.15, -0.1) is 10.2 Å². The highest BCUT2D eigenvalue weighted by Gasteiger charge is 2.19. The molecule has 0 amide bonds. The van der Waals surface area contributed by atoms with E-state index in [0.717, 1.165) is 48.2 Å². The van der Waals surface area contributed by atoms with Crippen molar-refractivity contribution in [2.45, 2.75) is 38.5 Å². The van der Waals surface area contributed by atoms with E-state index in [1.54, 1.807) is 24.3 Å². The SMILES string of the molecule is Oc1ccc(-c2nnc(-c3ccc(O)cc3)c3c2CCCCCC3)cc1. The van der Waals surface area contributed by atoms with Crippen LogP contribution in [0, 0.1) is 0 Å². The monoisotopic (exact) mass is 346 g/mol. The first kappa shape index (κ1) is 16.6. The zero-order chi connectivity index (χ0) is 17.9. The number of hydrogen-bond donors (Lipinski definition) is 2. The van der Waals surface area contributed by atoms with E-state index < -0.39 is 0 Å². The van der Waals surface area contributed by atoms with Crippen molar-refractivity contribution in [2.75, 3.05) is 0 Å². The van der Waals surface area contributed by atoms with Gasteiger partial charge in [-0.25, -0.2) is 0 Å². The van der Waals surface area contributed by atoms with Gasteiger partial charge in [-0.1, -0.05) is 12.8 Å². The number of aromatic nitrogens is 2. The molecule has 0 saturated carbocycles. The van der Waals surface area contributed by atoms with Gasteiger partial charge in [-0.2, -0.15) is 0 Å². The predicted molar refractivity (Wildman–Crippen MR) is 102 cm³/mol. The van der Waals surface area contributed by atoms with Gasteiger partial charge in [0.05, 0.1) is 11.4 Å². The standard InChI is InChI=1S/C22H22N2O2/c25-17-11-7-15(8-12-17)21-19-5-3-1-2-4-6-20(19)22(24-23-21)16-9-13-18(26)14-10-16/h7-14,25-26H,1-6H2. The molecule has 0 spiro atoms. The molecule has 3 aromatic rings. The lowest BCUT2D eigenvalue weighted by molar-refractivity contribution is 0.475. The Morgan fingerprint density at radius 2 is 0.923 bits per heavy atom. The summed E-state index contributed by atoms with van der Waals surface area (Å²) < 4.78 is 0. The van der Waals surface area contributed by atoms with Gasteiger partial charge in [-0.05, 0) is 85.3 Å². The molecule has 2 N–H and O–H groups in total. The Hall–Kier alpha value is -2.88. The number of aromatic hydroxyl groups is 2. The molecule has 132 valence electrons. The summed E-state index contributed by atoms with van der Waals surface area (Å²) in [5.74, 6) is 0.510. The fraction of sp³-hybridized carbons (Fsp3) is 0.273. The van der Waals surface area contributed by atoms with E-state index in [0.29, 0.717) is 0 Å². The summed E-state index contributed by atoms with van der Waals surface area (Å²) in [6, 6.07) is 14.4. The molecule has 0 unspecified atom stereocenters. The van der Waals surface area contributed by atoms with E-state index in [-0.39, 0.29) is 11.5 Å². The predicted octanol–water partition coefficient (Wildman–Crippen LogP) is 4.88. The molecule has 0 saturated heterocycles. The number of phenolic OH excluding ortho intramolecular Hbond substituents is 2. The summed E-state index contributed by atoms with van der Waals surface area (Å²) in [5.41, 5.74) is 6.37. The minimum atomic E-state index is 0.255. The number of fused-ring (bicyclic) bond motifs is 1. The Labute approximate surface area is 153 Å². The van der Waals surface area contributed by atoms with Crippen molar-refractivity contribution in [2.24, 2.45) is 0 Å². The lowest BCUT2D eigenvalue weighted by atomic mass is 9.88. The zero-order valence-corrected chi connectivity index (χ0v) is 14.7. The van der Waals surface area contributed by atoms with Crippen molar-refractivity contribution in [1.82, 2.24) is 10.2 Å². The van der Waals surface area contributed by atoms with E-state index in [9.17, 15) is 10.2 Å². The Kier molecular flexibility index (Phi) is 4.57. The second-order valence-corrected chi connectivity index (χ2v) is 6.86. The Balaban J connectivity index is 1.88. The Morgan fingerprint density at radius 1 is 0.538 bits per heavy atom. The van der Waals surface area contributed by atoms with Crippen molar-refractivity contribution in [1.29, 1.82) is 0 Å². The van der Waals surface area contributed by atoms with Crippen LogP contribution in [0.2, 0.25) is 0 Å². The molecule has 1 aromatic heterocycles. The maximum atomic E-state index is 9.58. The third-order valence-electron chi connectivity index (χ3n) is 5.07. The lowest BCUT2D eigenvalue weighted by Gasteiger charge is -2.19. The number of hydrogen-bond acceptors (Lipinski definition) is 4. The molecule has 4 heteroatoms.